The first kappa shape index (κ1) is 19.1. The number of nitrogens with zero attached hydrogens (tertiary/aromatic N) is 2. The van der Waals surface area contributed by atoms with Crippen LogP contribution in [0.3, 0.4) is 0 Å². The highest BCUT2D eigenvalue weighted by atomic mass is 32.2. The van der Waals surface area contributed by atoms with Crippen LogP contribution in [0.1, 0.15) is 25.7 Å². The van der Waals surface area contributed by atoms with E-state index in [0.29, 0.717) is 12.2 Å². The van der Waals surface area contributed by atoms with Crippen LogP contribution in [-0.4, -0.2) is 44.1 Å². The van der Waals surface area contributed by atoms with Crippen LogP contribution in [0.2, 0.25) is 0 Å². The normalized spacial score (nSPS) is 33.1. The Balaban J connectivity index is 1.56. The molecule has 0 spiro atoms. The Morgan fingerprint density at radius 2 is 1.93 bits per heavy atom. The average molecular weight is 404 g/mol. The Hall–Kier alpha value is -2.19. The molecule has 2 aliphatic heterocycles. The molecule has 1 aromatic carbocycles. The summed E-state index contributed by atoms with van der Waals surface area (Å²) in [6.45, 7) is 0.623. The third-order valence-corrected chi connectivity index (χ3v) is 6.90. The quantitative estimate of drug-likeness (QED) is 0.557. The molecule has 28 heavy (non-hydrogen) atoms. The van der Waals surface area contributed by atoms with Gasteiger partial charge in [0.05, 0.1) is 22.8 Å². The fourth-order valence-corrected chi connectivity index (χ4v) is 5.16. The second-order valence-corrected chi connectivity index (χ2v) is 9.20. The maximum absolute atomic E-state index is 12.6. The molecule has 3 fully saturated rings. The Kier molecular flexibility index (Phi) is 5.01. The average Bonchev–Trinajstić information content (AvgIpc) is 3.26. The number of hydrogen-bond donors (Lipinski definition) is 4. The zero-order chi connectivity index (χ0) is 19.9. The number of fused-ring (bicyclic) bond motifs is 1. The lowest BCUT2D eigenvalue weighted by molar-refractivity contribution is -0.128. The number of piperidine rings is 1. The SMILES string of the molecule is N#C[C@H]1CCC[C@@H]1N1NC(Nc2ccc(S(N)(=O)=O)cc2)C2C(=O)NCCC21. The summed E-state index contributed by atoms with van der Waals surface area (Å²) in [5.74, 6) is -0.353. The summed E-state index contributed by atoms with van der Waals surface area (Å²) in [5, 5.41) is 23.0. The molecule has 0 aromatic heterocycles. The molecule has 4 rings (SSSR count). The van der Waals surface area contributed by atoms with Crippen LogP contribution < -0.4 is 21.2 Å². The van der Waals surface area contributed by atoms with E-state index in [1.54, 1.807) is 12.1 Å². The van der Waals surface area contributed by atoms with Crippen LogP contribution in [0, 0.1) is 23.2 Å². The number of primary sulfonamides is 1. The number of anilines is 1. The van der Waals surface area contributed by atoms with Gasteiger partial charge >= 0.3 is 0 Å². The van der Waals surface area contributed by atoms with E-state index in [-0.39, 0.29) is 40.9 Å². The van der Waals surface area contributed by atoms with Crippen molar-refractivity contribution in [3.05, 3.63) is 24.3 Å². The van der Waals surface area contributed by atoms with Crippen LogP contribution in [0.4, 0.5) is 5.69 Å². The van der Waals surface area contributed by atoms with Gasteiger partial charge in [0.2, 0.25) is 15.9 Å². The molecule has 9 nitrogen and oxygen atoms in total. The van der Waals surface area contributed by atoms with Gasteiger partial charge in [-0.15, -0.1) is 0 Å². The summed E-state index contributed by atoms with van der Waals surface area (Å²) in [7, 11) is -3.75. The van der Waals surface area contributed by atoms with Gasteiger partial charge < -0.3 is 10.6 Å². The number of hydrazine groups is 1. The summed E-state index contributed by atoms with van der Waals surface area (Å²) < 4.78 is 22.9. The van der Waals surface area contributed by atoms with Crippen molar-refractivity contribution in [1.29, 1.82) is 5.26 Å². The predicted octanol–water partition coefficient (Wildman–Crippen LogP) is 0.0892. The van der Waals surface area contributed by atoms with Gasteiger partial charge in [0, 0.05) is 24.3 Å². The summed E-state index contributed by atoms with van der Waals surface area (Å²) in [6, 6.07) is 8.67. The third-order valence-electron chi connectivity index (χ3n) is 5.97. The monoisotopic (exact) mass is 404 g/mol. The molecular formula is C18H24N6O3S. The molecule has 2 heterocycles. The van der Waals surface area contributed by atoms with Gasteiger partial charge in [-0.05, 0) is 43.5 Å². The molecule has 10 heteroatoms. The fourth-order valence-electron chi connectivity index (χ4n) is 4.65. The third kappa shape index (κ3) is 3.46. The van der Waals surface area contributed by atoms with E-state index < -0.39 is 10.0 Å². The van der Waals surface area contributed by atoms with E-state index in [2.05, 4.69) is 27.1 Å². The summed E-state index contributed by atoms with van der Waals surface area (Å²) in [5.41, 5.74) is 4.12. The molecule has 5 atom stereocenters. The maximum Gasteiger partial charge on any atom is 0.238 e. The number of hydrogen-bond acceptors (Lipinski definition) is 7. The molecule has 2 saturated heterocycles. The van der Waals surface area contributed by atoms with E-state index >= 15 is 0 Å². The van der Waals surface area contributed by atoms with Crippen LogP contribution in [-0.2, 0) is 14.8 Å². The minimum absolute atomic E-state index is 0.0172. The molecule has 0 radical (unpaired) electrons. The molecule has 1 saturated carbocycles. The van der Waals surface area contributed by atoms with Crippen molar-refractivity contribution in [2.24, 2.45) is 17.0 Å². The smallest absolute Gasteiger partial charge is 0.238 e. The number of carbonyl (C=O) groups is 1. The van der Waals surface area contributed by atoms with Crippen molar-refractivity contribution >= 4 is 21.6 Å². The Labute approximate surface area is 164 Å². The van der Waals surface area contributed by atoms with Crippen molar-refractivity contribution < 1.29 is 13.2 Å². The van der Waals surface area contributed by atoms with Gasteiger partial charge in [-0.1, -0.05) is 6.42 Å². The number of nitriles is 1. The molecular weight excluding hydrogens is 380 g/mol. The lowest BCUT2D eigenvalue weighted by atomic mass is 9.90. The lowest BCUT2D eigenvalue weighted by Gasteiger charge is -2.35. The molecule has 150 valence electrons. The molecule has 0 bridgehead atoms. The van der Waals surface area contributed by atoms with Crippen molar-refractivity contribution in [2.45, 2.75) is 48.8 Å². The number of nitrogens with one attached hydrogen (secondary N) is 3. The molecule has 3 unspecified atom stereocenters. The summed E-state index contributed by atoms with van der Waals surface area (Å²) in [6.07, 6.45) is 3.31. The van der Waals surface area contributed by atoms with Gasteiger partial charge in [-0.25, -0.2) is 24.0 Å². The Bertz CT molecular complexity index is 897. The summed E-state index contributed by atoms with van der Waals surface area (Å²) >= 11 is 0. The van der Waals surface area contributed by atoms with Gasteiger partial charge in [0.25, 0.3) is 0 Å². The highest BCUT2D eigenvalue weighted by Gasteiger charge is 2.51. The van der Waals surface area contributed by atoms with Gasteiger partial charge in [0.15, 0.2) is 0 Å². The first-order valence-electron chi connectivity index (χ1n) is 9.50. The second-order valence-electron chi connectivity index (χ2n) is 7.63. The van der Waals surface area contributed by atoms with Crippen molar-refractivity contribution in [3.8, 4) is 6.07 Å². The van der Waals surface area contributed by atoms with Gasteiger partial charge in [-0.3, -0.25) is 4.79 Å². The van der Waals surface area contributed by atoms with E-state index in [1.807, 2.05) is 0 Å². The van der Waals surface area contributed by atoms with E-state index in [0.717, 1.165) is 25.7 Å². The van der Waals surface area contributed by atoms with Crippen molar-refractivity contribution in [3.63, 3.8) is 0 Å². The van der Waals surface area contributed by atoms with Crippen LogP contribution in [0.15, 0.2) is 29.2 Å². The van der Waals surface area contributed by atoms with Crippen molar-refractivity contribution in [2.75, 3.05) is 11.9 Å². The topological polar surface area (TPSA) is 140 Å². The number of rotatable bonds is 4. The molecule has 3 aliphatic rings. The van der Waals surface area contributed by atoms with Gasteiger partial charge in [-0.2, -0.15) is 5.26 Å². The first-order chi connectivity index (χ1) is 13.4. The molecule has 1 aliphatic carbocycles. The van der Waals surface area contributed by atoms with Crippen LogP contribution in [0.5, 0.6) is 0 Å². The lowest BCUT2D eigenvalue weighted by Crippen LogP contribution is -2.52. The van der Waals surface area contributed by atoms with E-state index in [1.165, 1.54) is 12.1 Å². The molecule has 1 aromatic rings. The minimum Gasteiger partial charge on any atom is -0.368 e. The number of carbonyl (C=O) groups excluding carboxylic acids is 1. The fraction of sp³-hybridized carbons (Fsp3) is 0.556. The highest BCUT2D eigenvalue weighted by molar-refractivity contribution is 7.89. The predicted molar refractivity (Wildman–Crippen MR) is 102 cm³/mol. The zero-order valence-electron chi connectivity index (χ0n) is 15.3. The maximum atomic E-state index is 12.6. The second kappa shape index (κ2) is 7.33. The minimum atomic E-state index is -3.75. The first-order valence-corrected chi connectivity index (χ1v) is 11.0. The zero-order valence-corrected chi connectivity index (χ0v) is 16.2. The number of nitrogens with two attached hydrogens (primary N) is 1. The van der Waals surface area contributed by atoms with E-state index in [9.17, 15) is 18.5 Å². The highest BCUT2D eigenvalue weighted by Crippen LogP contribution is 2.37. The number of amides is 1. The Morgan fingerprint density at radius 3 is 2.61 bits per heavy atom. The van der Waals surface area contributed by atoms with Crippen LogP contribution in [0.25, 0.3) is 0 Å². The molecule has 1 amide bonds. The van der Waals surface area contributed by atoms with Crippen molar-refractivity contribution in [1.82, 2.24) is 15.8 Å². The standard InChI is InChI=1S/C18H24N6O3S/c19-10-11-2-1-3-14(11)24-15-8-9-21-18(25)16(15)17(23-24)22-12-4-6-13(7-5-12)28(20,26)27/h4-7,11,14-17,22-23H,1-3,8-9H2,(H,21,25)(H2,20,26,27)/t11-,14+,15?,16?,17?/m1/s1. The summed E-state index contributed by atoms with van der Waals surface area (Å²) in [4.78, 5) is 12.6. The number of benzene rings is 1. The van der Waals surface area contributed by atoms with E-state index in [4.69, 9.17) is 5.14 Å². The Morgan fingerprint density at radius 1 is 1.18 bits per heavy atom. The largest absolute Gasteiger partial charge is 0.368 e. The van der Waals surface area contributed by atoms with Gasteiger partial charge in [0.1, 0.15) is 6.17 Å². The molecule has 5 N–H and O–H groups in total. The van der Waals surface area contributed by atoms with Crippen LogP contribution >= 0.6 is 0 Å². The number of sulfonamides is 1.